The van der Waals surface area contributed by atoms with Crippen molar-refractivity contribution >= 4 is 18.9 Å². The number of pyridine rings is 1. The summed E-state index contributed by atoms with van der Waals surface area (Å²) in [6.45, 7) is 0. The highest BCUT2D eigenvalue weighted by Crippen LogP contribution is 1.95. The summed E-state index contributed by atoms with van der Waals surface area (Å²) in [4.78, 5) is 14.4. The molecule has 3 heteroatoms. The van der Waals surface area contributed by atoms with Crippen molar-refractivity contribution in [3.63, 3.8) is 0 Å². The normalized spacial score (nSPS) is 8.69. The summed E-state index contributed by atoms with van der Waals surface area (Å²) in [6, 6.07) is 5.19. The van der Waals surface area contributed by atoms with Gasteiger partial charge >= 0.3 is 0 Å². The maximum absolute atomic E-state index is 10.4. The number of nitrogens with zero attached hydrogens (tertiary/aromatic N) is 1. The summed E-state index contributed by atoms with van der Waals surface area (Å²) in [6.07, 6.45) is 1.44. The predicted octanol–water partition coefficient (Wildman–Crippen LogP) is 1.57. The lowest BCUT2D eigenvalue weighted by Crippen LogP contribution is -1.88. The molecule has 1 heterocycles. The van der Waals surface area contributed by atoms with Crippen LogP contribution in [0.4, 0.5) is 0 Å². The van der Waals surface area contributed by atoms with Crippen LogP contribution in [0.1, 0.15) is 22.6 Å². The average molecular weight is 191 g/mol. The first-order valence-corrected chi connectivity index (χ1v) is 4.52. The van der Waals surface area contributed by atoms with Crippen LogP contribution in [-0.4, -0.2) is 17.0 Å². The molecule has 0 bridgehead atoms. The van der Waals surface area contributed by atoms with Gasteiger partial charge < -0.3 is 0 Å². The first-order chi connectivity index (χ1) is 6.36. The van der Waals surface area contributed by atoms with Gasteiger partial charge in [-0.2, -0.15) is 12.6 Å². The molecule has 0 radical (unpaired) electrons. The quantitative estimate of drug-likeness (QED) is 0.437. The Labute approximate surface area is 82.8 Å². The molecule has 1 rings (SSSR count). The van der Waals surface area contributed by atoms with Crippen molar-refractivity contribution in [2.45, 2.75) is 6.42 Å². The number of carbonyl (C=O) groups excluding carboxylic acids is 1. The van der Waals surface area contributed by atoms with E-state index in [4.69, 9.17) is 0 Å². The number of thiol groups is 1. The fraction of sp³-hybridized carbons (Fsp3) is 0.200. The third kappa shape index (κ3) is 3.30. The van der Waals surface area contributed by atoms with E-state index in [2.05, 4.69) is 29.5 Å². The van der Waals surface area contributed by atoms with Crippen LogP contribution in [0.5, 0.6) is 0 Å². The summed E-state index contributed by atoms with van der Waals surface area (Å²) >= 11 is 4.03. The molecule has 0 aliphatic rings. The van der Waals surface area contributed by atoms with Gasteiger partial charge in [-0.25, -0.2) is 4.98 Å². The molecule has 0 aliphatic carbocycles. The summed E-state index contributed by atoms with van der Waals surface area (Å²) in [5.41, 5.74) is 1.05. The largest absolute Gasteiger partial charge is 0.296 e. The van der Waals surface area contributed by atoms with Crippen LogP contribution in [0.15, 0.2) is 18.2 Å². The van der Waals surface area contributed by atoms with Crippen LogP contribution < -0.4 is 0 Å². The SMILES string of the molecule is O=Cc1cccc(C#CCCS)n1. The first-order valence-electron chi connectivity index (χ1n) is 3.89. The summed E-state index contributed by atoms with van der Waals surface area (Å²) in [5.74, 6) is 6.49. The van der Waals surface area contributed by atoms with Gasteiger partial charge in [-0.1, -0.05) is 12.0 Å². The average Bonchev–Trinajstić information content (AvgIpc) is 2.19. The van der Waals surface area contributed by atoms with Gasteiger partial charge in [-0.3, -0.25) is 4.79 Å². The third-order valence-corrected chi connectivity index (χ3v) is 1.57. The number of hydrogen-bond donors (Lipinski definition) is 1. The van der Waals surface area contributed by atoms with E-state index in [0.29, 0.717) is 17.7 Å². The molecule has 1 aromatic rings. The molecule has 0 aliphatic heterocycles. The lowest BCUT2D eigenvalue weighted by Gasteiger charge is -1.90. The Morgan fingerprint density at radius 3 is 3.08 bits per heavy atom. The van der Waals surface area contributed by atoms with Crippen LogP contribution in [-0.2, 0) is 0 Å². The topological polar surface area (TPSA) is 30.0 Å². The van der Waals surface area contributed by atoms with Gasteiger partial charge in [0.2, 0.25) is 0 Å². The summed E-state index contributed by atoms with van der Waals surface area (Å²) in [7, 11) is 0. The molecule has 0 fully saturated rings. The molecule has 66 valence electrons. The third-order valence-electron chi connectivity index (χ3n) is 1.34. The Kier molecular flexibility index (Phi) is 4.07. The second-order valence-electron chi connectivity index (χ2n) is 2.34. The zero-order chi connectivity index (χ0) is 9.52. The van der Waals surface area contributed by atoms with E-state index in [-0.39, 0.29) is 0 Å². The molecule has 0 unspecified atom stereocenters. The molecule has 0 atom stereocenters. The highest BCUT2D eigenvalue weighted by Gasteiger charge is 1.91. The Morgan fingerprint density at radius 2 is 2.38 bits per heavy atom. The second-order valence-corrected chi connectivity index (χ2v) is 2.79. The van der Waals surface area contributed by atoms with Crippen LogP contribution in [0.2, 0.25) is 0 Å². The second kappa shape index (κ2) is 5.39. The molecule has 0 saturated carbocycles. The van der Waals surface area contributed by atoms with Gasteiger partial charge in [0.05, 0.1) is 0 Å². The van der Waals surface area contributed by atoms with Crippen LogP contribution in [0, 0.1) is 11.8 Å². The highest BCUT2D eigenvalue weighted by atomic mass is 32.1. The predicted molar refractivity (Wildman–Crippen MR) is 55.0 cm³/mol. The Hall–Kier alpha value is -1.27. The van der Waals surface area contributed by atoms with E-state index < -0.39 is 0 Å². The van der Waals surface area contributed by atoms with Gasteiger partial charge in [0.15, 0.2) is 6.29 Å². The Bertz CT molecular complexity index is 351. The molecule has 2 nitrogen and oxygen atoms in total. The molecular formula is C10H9NOS. The van der Waals surface area contributed by atoms with E-state index in [1.807, 2.05) is 0 Å². The highest BCUT2D eigenvalue weighted by molar-refractivity contribution is 7.80. The number of aromatic nitrogens is 1. The minimum absolute atomic E-state index is 0.415. The number of aldehydes is 1. The van der Waals surface area contributed by atoms with E-state index in [1.165, 1.54) is 0 Å². The number of carbonyl (C=O) groups is 1. The lowest BCUT2D eigenvalue weighted by molar-refractivity contribution is 0.111. The van der Waals surface area contributed by atoms with E-state index >= 15 is 0 Å². The van der Waals surface area contributed by atoms with Gasteiger partial charge in [0, 0.05) is 12.2 Å². The minimum Gasteiger partial charge on any atom is -0.296 e. The van der Waals surface area contributed by atoms with Crippen molar-refractivity contribution in [3.8, 4) is 11.8 Å². The van der Waals surface area contributed by atoms with Crippen molar-refractivity contribution in [2.75, 3.05) is 5.75 Å². The molecule has 0 aromatic carbocycles. The van der Waals surface area contributed by atoms with Gasteiger partial charge in [0.25, 0.3) is 0 Å². The fourth-order valence-electron chi connectivity index (χ4n) is 0.796. The molecule has 13 heavy (non-hydrogen) atoms. The smallest absolute Gasteiger partial charge is 0.168 e. The Balaban J connectivity index is 2.79. The molecule has 0 amide bonds. The van der Waals surface area contributed by atoms with E-state index in [0.717, 1.165) is 12.2 Å². The number of hydrogen-bond acceptors (Lipinski definition) is 3. The van der Waals surface area contributed by atoms with Gasteiger partial charge in [-0.05, 0) is 18.1 Å². The van der Waals surface area contributed by atoms with Gasteiger partial charge in [0.1, 0.15) is 11.4 Å². The van der Waals surface area contributed by atoms with E-state index in [1.54, 1.807) is 18.2 Å². The maximum atomic E-state index is 10.4. The molecular weight excluding hydrogens is 182 g/mol. The standard InChI is InChI=1S/C10H9NOS/c12-8-10-6-3-5-9(11-10)4-1-2-7-13/h3,5-6,8,13H,2,7H2. The Morgan fingerprint density at radius 1 is 1.54 bits per heavy atom. The molecule has 1 aromatic heterocycles. The zero-order valence-electron chi connectivity index (χ0n) is 7.03. The lowest BCUT2D eigenvalue weighted by atomic mass is 10.3. The van der Waals surface area contributed by atoms with Crippen LogP contribution in [0.25, 0.3) is 0 Å². The fourth-order valence-corrected chi connectivity index (χ4v) is 0.907. The van der Waals surface area contributed by atoms with Crippen molar-refractivity contribution < 1.29 is 4.79 Å². The zero-order valence-corrected chi connectivity index (χ0v) is 7.92. The number of rotatable bonds is 2. The summed E-state index contributed by atoms with van der Waals surface area (Å²) in [5, 5.41) is 0. The summed E-state index contributed by atoms with van der Waals surface area (Å²) < 4.78 is 0. The van der Waals surface area contributed by atoms with Crippen molar-refractivity contribution in [1.82, 2.24) is 4.98 Å². The van der Waals surface area contributed by atoms with Crippen LogP contribution >= 0.6 is 12.6 Å². The van der Waals surface area contributed by atoms with Gasteiger partial charge in [-0.15, -0.1) is 0 Å². The maximum Gasteiger partial charge on any atom is 0.168 e. The minimum atomic E-state index is 0.415. The monoisotopic (exact) mass is 191 g/mol. The first kappa shape index (κ1) is 9.82. The van der Waals surface area contributed by atoms with Crippen molar-refractivity contribution in [3.05, 3.63) is 29.6 Å². The van der Waals surface area contributed by atoms with Crippen LogP contribution in [0.3, 0.4) is 0 Å². The molecule has 0 saturated heterocycles. The van der Waals surface area contributed by atoms with Crippen molar-refractivity contribution in [2.24, 2.45) is 0 Å². The van der Waals surface area contributed by atoms with Crippen molar-refractivity contribution in [1.29, 1.82) is 0 Å². The molecule has 0 spiro atoms. The molecule has 0 N–H and O–H groups in total. The van der Waals surface area contributed by atoms with E-state index in [9.17, 15) is 4.79 Å².